The summed E-state index contributed by atoms with van der Waals surface area (Å²) in [5.41, 5.74) is 2.57. The number of hydrogen-bond acceptors (Lipinski definition) is 7. The molecule has 0 aliphatic carbocycles. The first kappa shape index (κ1) is 18.0. The van der Waals surface area contributed by atoms with Crippen LogP contribution < -0.4 is 16.6 Å². The summed E-state index contributed by atoms with van der Waals surface area (Å²) in [6, 6.07) is 1.81. The molecule has 0 unspecified atom stereocenters. The zero-order valence-corrected chi connectivity index (χ0v) is 14.2. The fourth-order valence-electron chi connectivity index (χ4n) is 2.03. The van der Waals surface area contributed by atoms with Crippen LogP contribution in [0.1, 0.15) is 39.4 Å². The Kier molecular flexibility index (Phi) is 7.77. The number of nitrogens with zero attached hydrogens (tertiary/aromatic N) is 2. The van der Waals surface area contributed by atoms with Crippen LogP contribution in [0.5, 0.6) is 0 Å². The molecule has 1 aromatic rings. The molecule has 0 amide bonds. The largest absolute Gasteiger partial charge is 0.374 e. The van der Waals surface area contributed by atoms with Gasteiger partial charge >= 0.3 is 0 Å². The first-order valence-electron chi connectivity index (χ1n) is 7.34. The molecule has 7 heteroatoms. The molecule has 1 rings (SSSR count). The lowest BCUT2D eigenvalue weighted by atomic mass is 10.0. The lowest BCUT2D eigenvalue weighted by Crippen LogP contribution is -2.32. The van der Waals surface area contributed by atoms with Gasteiger partial charge in [-0.05, 0) is 26.0 Å². The highest BCUT2D eigenvalue weighted by Gasteiger charge is 2.24. The quantitative estimate of drug-likeness (QED) is 0.452. The van der Waals surface area contributed by atoms with Gasteiger partial charge < -0.3 is 15.5 Å². The van der Waals surface area contributed by atoms with Crippen molar-refractivity contribution in [2.24, 2.45) is 5.84 Å². The third-order valence-electron chi connectivity index (χ3n) is 3.67. The molecular formula is C14H27N5OS. The molecule has 0 aromatic carbocycles. The summed E-state index contributed by atoms with van der Waals surface area (Å²) < 4.78 is 5.58. The highest BCUT2D eigenvalue weighted by atomic mass is 32.2. The molecule has 6 nitrogen and oxygen atoms in total. The Hall–Kier alpha value is -1.05. The molecule has 4 N–H and O–H groups in total. The van der Waals surface area contributed by atoms with Gasteiger partial charge in [-0.15, -0.1) is 0 Å². The number of rotatable bonds is 10. The van der Waals surface area contributed by atoms with Crippen molar-refractivity contribution in [3.05, 3.63) is 11.9 Å². The Morgan fingerprint density at radius 1 is 1.24 bits per heavy atom. The van der Waals surface area contributed by atoms with E-state index in [0.717, 1.165) is 25.2 Å². The molecule has 0 radical (unpaired) electrons. The van der Waals surface area contributed by atoms with E-state index in [2.05, 4.69) is 40.8 Å². The third kappa shape index (κ3) is 5.33. The first-order chi connectivity index (χ1) is 10.1. The Bertz CT molecular complexity index is 418. The normalized spacial score (nSPS) is 11.5. The van der Waals surface area contributed by atoms with Crippen molar-refractivity contribution in [1.29, 1.82) is 0 Å². The molecule has 0 aliphatic heterocycles. The summed E-state index contributed by atoms with van der Waals surface area (Å²) in [5.74, 6) is 7.45. The van der Waals surface area contributed by atoms with Gasteiger partial charge in [0.2, 0.25) is 0 Å². The monoisotopic (exact) mass is 313 g/mol. The molecule has 1 aromatic heterocycles. The zero-order valence-electron chi connectivity index (χ0n) is 13.4. The van der Waals surface area contributed by atoms with Gasteiger partial charge in [-0.1, -0.05) is 13.8 Å². The summed E-state index contributed by atoms with van der Waals surface area (Å²) in [7, 11) is 0. The molecule has 0 saturated heterocycles. The Labute approximate surface area is 131 Å². The summed E-state index contributed by atoms with van der Waals surface area (Å²) in [4.78, 5) is 8.75. The number of nitrogens with one attached hydrogen (secondary N) is 2. The first-order valence-corrected chi connectivity index (χ1v) is 8.56. The van der Waals surface area contributed by atoms with E-state index in [1.807, 2.05) is 24.8 Å². The average molecular weight is 313 g/mol. The van der Waals surface area contributed by atoms with Crippen molar-refractivity contribution in [3.63, 3.8) is 0 Å². The van der Waals surface area contributed by atoms with Crippen LogP contribution in [0.2, 0.25) is 0 Å². The fourth-order valence-corrected chi connectivity index (χ4v) is 2.83. The van der Waals surface area contributed by atoms with Crippen LogP contribution in [0.15, 0.2) is 6.07 Å². The van der Waals surface area contributed by atoms with E-state index in [-0.39, 0.29) is 4.75 Å². The minimum atomic E-state index is 0.224. The summed E-state index contributed by atoms with van der Waals surface area (Å²) in [6.07, 6.45) is 4.37. The second kappa shape index (κ2) is 9.07. The number of hydrogen-bond donors (Lipinski definition) is 3. The van der Waals surface area contributed by atoms with E-state index in [1.165, 1.54) is 0 Å². The van der Waals surface area contributed by atoms with Crippen molar-refractivity contribution >= 4 is 23.4 Å². The molecule has 1 heterocycles. The van der Waals surface area contributed by atoms with E-state index < -0.39 is 0 Å². The van der Waals surface area contributed by atoms with E-state index in [0.29, 0.717) is 24.9 Å². The van der Waals surface area contributed by atoms with Crippen LogP contribution in [0.4, 0.5) is 11.6 Å². The van der Waals surface area contributed by atoms with Gasteiger partial charge in [0.1, 0.15) is 18.2 Å². The molecule has 120 valence electrons. The Morgan fingerprint density at radius 3 is 2.43 bits per heavy atom. The zero-order chi connectivity index (χ0) is 15.7. The van der Waals surface area contributed by atoms with Crippen molar-refractivity contribution < 1.29 is 4.74 Å². The molecule has 0 aliphatic rings. The predicted octanol–water partition coefficient (Wildman–Crippen LogP) is 2.63. The standard InChI is InChI=1S/C14H27N5OS/c1-5-14(6-2,21-4)10-16-11-8-12(19-15)18-13(17-11)9-20-7-3/h8H,5-7,9-10,15H2,1-4H3,(H2,16,17,18,19). The number of aromatic nitrogens is 2. The minimum absolute atomic E-state index is 0.224. The van der Waals surface area contributed by atoms with Crippen LogP contribution in [0, 0.1) is 0 Å². The van der Waals surface area contributed by atoms with Crippen molar-refractivity contribution in [2.75, 3.05) is 30.1 Å². The number of nitrogen functional groups attached to an aromatic ring is 1. The molecule has 0 fully saturated rings. The van der Waals surface area contributed by atoms with Crippen LogP contribution in [-0.2, 0) is 11.3 Å². The minimum Gasteiger partial charge on any atom is -0.374 e. The van der Waals surface area contributed by atoms with Gasteiger partial charge in [0, 0.05) is 24.0 Å². The van der Waals surface area contributed by atoms with E-state index in [9.17, 15) is 0 Å². The summed E-state index contributed by atoms with van der Waals surface area (Å²) >= 11 is 1.89. The molecule has 21 heavy (non-hydrogen) atoms. The second-order valence-corrected chi connectivity index (χ2v) is 6.06. The Morgan fingerprint density at radius 2 is 1.90 bits per heavy atom. The molecular weight excluding hydrogens is 286 g/mol. The SMILES string of the molecule is CCOCc1nc(NN)cc(NCC(CC)(CC)SC)n1. The molecule has 0 saturated carbocycles. The number of thioether (sulfide) groups is 1. The fraction of sp³-hybridized carbons (Fsp3) is 0.714. The summed E-state index contributed by atoms with van der Waals surface area (Å²) in [6.45, 7) is 8.25. The van der Waals surface area contributed by atoms with Crippen LogP contribution in [0.3, 0.4) is 0 Å². The maximum Gasteiger partial charge on any atom is 0.158 e. The Balaban J connectivity index is 2.81. The van der Waals surface area contributed by atoms with Gasteiger partial charge in [-0.3, -0.25) is 0 Å². The van der Waals surface area contributed by atoms with Crippen molar-refractivity contribution in [1.82, 2.24) is 9.97 Å². The highest BCUT2D eigenvalue weighted by molar-refractivity contribution is 8.00. The molecule has 0 atom stereocenters. The van der Waals surface area contributed by atoms with E-state index in [4.69, 9.17) is 10.6 Å². The third-order valence-corrected chi connectivity index (χ3v) is 5.26. The predicted molar refractivity (Wildman–Crippen MR) is 90.5 cm³/mol. The van der Waals surface area contributed by atoms with Crippen molar-refractivity contribution in [2.45, 2.75) is 45.0 Å². The number of nitrogens with two attached hydrogens (primary N) is 1. The maximum atomic E-state index is 5.46. The molecule has 0 bridgehead atoms. The topological polar surface area (TPSA) is 85.1 Å². The lowest BCUT2D eigenvalue weighted by Gasteiger charge is -2.30. The average Bonchev–Trinajstić information content (AvgIpc) is 2.54. The highest BCUT2D eigenvalue weighted by Crippen LogP contribution is 2.30. The van der Waals surface area contributed by atoms with Gasteiger partial charge in [-0.25, -0.2) is 15.8 Å². The van der Waals surface area contributed by atoms with Crippen LogP contribution >= 0.6 is 11.8 Å². The molecule has 0 spiro atoms. The van der Waals surface area contributed by atoms with Gasteiger partial charge in [0.05, 0.1) is 0 Å². The van der Waals surface area contributed by atoms with E-state index in [1.54, 1.807) is 0 Å². The van der Waals surface area contributed by atoms with E-state index >= 15 is 0 Å². The second-order valence-electron chi connectivity index (χ2n) is 4.78. The van der Waals surface area contributed by atoms with Gasteiger partial charge in [0.25, 0.3) is 0 Å². The van der Waals surface area contributed by atoms with Crippen LogP contribution in [0.25, 0.3) is 0 Å². The van der Waals surface area contributed by atoms with Gasteiger partial charge in [-0.2, -0.15) is 11.8 Å². The number of ether oxygens (including phenoxy) is 1. The van der Waals surface area contributed by atoms with Crippen LogP contribution in [-0.4, -0.2) is 34.1 Å². The summed E-state index contributed by atoms with van der Waals surface area (Å²) in [5, 5.41) is 3.41. The number of hydrazine groups is 1. The lowest BCUT2D eigenvalue weighted by molar-refractivity contribution is 0.128. The smallest absolute Gasteiger partial charge is 0.158 e. The number of anilines is 2. The maximum absolute atomic E-state index is 5.46. The van der Waals surface area contributed by atoms with Crippen molar-refractivity contribution in [3.8, 4) is 0 Å². The van der Waals surface area contributed by atoms with Gasteiger partial charge in [0.15, 0.2) is 5.82 Å².